The van der Waals surface area contributed by atoms with E-state index in [0.717, 1.165) is 22.9 Å². The van der Waals surface area contributed by atoms with Gasteiger partial charge in [-0.2, -0.15) is 18.2 Å². The van der Waals surface area contributed by atoms with Crippen molar-refractivity contribution in [2.75, 3.05) is 18.9 Å². The van der Waals surface area contributed by atoms with Crippen LogP contribution in [0.15, 0.2) is 47.0 Å². The second kappa shape index (κ2) is 9.71. The number of aromatic nitrogens is 2. The van der Waals surface area contributed by atoms with E-state index in [4.69, 9.17) is 9.26 Å². The van der Waals surface area contributed by atoms with E-state index in [1.807, 2.05) is 32.0 Å². The predicted molar refractivity (Wildman–Crippen MR) is 111 cm³/mol. The number of aryl methyl sites for hydroxylation is 2. The molecule has 1 heterocycles. The molecule has 0 aliphatic heterocycles. The Kier molecular flexibility index (Phi) is 7.01. The third-order valence-electron chi connectivity index (χ3n) is 4.70. The molecule has 0 bridgehead atoms. The molecule has 0 saturated carbocycles. The zero-order valence-electron chi connectivity index (χ0n) is 17.9. The van der Waals surface area contributed by atoms with Crippen molar-refractivity contribution in [2.45, 2.75) is 33.1 Å². The second-order valence-electron chi connectivity index (χ2n) is 7.31. The lowest BCUT2D eigenvalue weighted by Gasteiger charge is -2.19. The number of rotatable bonds is 7. The summed E-state index contributed by atoms with van der Waals surface area (Å²) in [5.74, 6) is 1.37. The summed E-state index contributed by atoms with van der Waals surface area (Å²) in [5.41, 5.74) is 0.835. The fraction of sp³-hybridized carbons (Fsp3) is 0.318. The van der Waals surface area contributed by atoms with Gasteiger partial charge < -0.3 is 19.5 Å². The molecule has 10 heteroatoms. The van der Waals surface area contributed by atoms with E-state index in [-0.39, 0.29) is 31.2 Å². The maximum absolute atomic E-state index is 13.1. The van der Waals surface area contributed by atoms with E-state index in [0.29, 0.717) is 5.82 Å². The standard InChI is InChI=1S/C22H23F3N4O3/c1-14-8-9-15(2)18(12-14)31-13-20-27-19(28-32-20)10-11-29(3)21(30)26-17-7-5-4-6-16(17)22(23,24)25/h4-9,12H,10-11,13H2,1-3H3,(H,26,30). The van der Waals surface area contributed by atoms with Crippen LogP contribution in [0.2, 0.25) is 0 Å². The molecule has 3 aromatic rings. The highest BCUT2D eigenvalue weighted by Crippen LogP contribution is 2.34. The molecule has 2 aromatic carbocycles. The second-order valence-corrected chi connectivity index (χ2v) is 7.31. The Labute approximate surface area is 183 Å². The van der Waals surface area contributed by atoms with Crippen molar-refractivity contribution in [3.05, 3.63) is 70.9 Å². The van der Waals surface area contributed by atoms with Gasteiger partial charge >= 0.3 is 12.2 Å². The molecule has 0 fully saturated rings. The number of amides is 2. The first kappa shape index (κ1) is 23.1. The van der Waals surface area contributed by atoms with Crippen LogP contribution in [-0.4, -0.2) is 34.7 Å². The minimum atomic E-state index is -4.57. The van der Waals surface area contributed by atoms with Crippen LogP contribution in [-0.2, 0) is 19.2 Å². The first-order valence-corrected chi connectivity index (χ1v) is 9.83. The lowest BCUT2D eigenvalue weighted by molar-refractivity contribution is -0.136. The zero-order valence-corrected chi connectivity index (χ0v) is 17.9. The minimum absolute atomic E-state index is 0.0991. The highest BCUT2D eigenvalue weighted by Gasteiger charge is 2.33. The number of carbonyl (C=O) groups excluding carboxylic acids is 1. The number of nitrogens with zero attached hydrogens (tertiary/aromatic N) is 3. The fourth-order valence-corrected chi connectivity index (χ4v) is 2.87. The van der Waals surface area contributed by atoms with E-state index in [1.54, 1.807) is 0 Å². The molecule has 7 nitrogen and oxygen atoms in total. The maximum Gasteiger partial charge on any atom is 0.418 e. The van der Waals surface area contributed by atoms with E-state index >= 15 is 0 Å². The molecule has 0 aliphatic rings. The van der Waals surface area contributed by atoms with Crippen LogP contribution in [0, 0.1) is 13.8 Å². The van der Waals surface area contributed by atoms with E-state index in [1.165, 1.54) is 30.1 Å². The molecule has 170 valence electrons. The van der Waals surface area contributed by atoms with Crippen molar-refractivity contribution in [3.8, 4) is 5.75 Å². The number of para-hydroxylation sites is 1. The molecule has 3 rings (SSSR count). The topological polar surface area (TPSA) is 80.5 Å². The van der Waals surface area contributed by atoms with E-state index in [2.05, 4.69) is 15.5 Å². The highest BCUT2D eigenvalue weighted by atomic mass is 19.4. The maximum atomic E-state index is 13.1. The molecule has 2 amide bonds. The quantitative estimate of drug-likeness (QED) is 0.551. The molecule has 0 spiro atoms. The Bertz CT molecular complexity index is 1080. The first-order valence-electron chi connectivity index (χ1n) is 9.83. The summed E-state index contributed by atoms with van der Waals surface area (Å²) in [4.78, 5) is 17.8. The summed E-state index contributed by atoms with van der Waals surface area (Å²) in [5, 5.41) is 6.15. The molecular weight excluding hydrogens is 425 g/mol. The number of nitrogens with one attached hydrogen (secondary N) is 1. The molecule has 1 aromatic heterocycles. The molecule has 0 radical (unpaired) electrons. The van der Waals surface area contributed by atoms with Gasteiger partial charge in [0.05, 0.1) is 11.3 Å². The normalized spacial score (nSPS) is 11.3. The summed E-state index contributed by atoms with van der Waals surface area (Å²) in [7, 11) is 1.47. The van der Waals surface area contributed by atoms with Crippen molar-refractivity contribution >= 4 is 11.7 Å². The van der Waals surface area contributed by atoms with E-state index in [9.17, 15) is 18.0 Å². The molecule has 1 N–H and O–H groups in total. The van der Waals surface area contributed by atoms with Crippen molar-refractivity contribution in [3.63, 3.8) is 0 Å². The summed E-state index contributed by atoms with van der Waals surface area (Å²) in [6, 6.07) is 9.98. The van der Waals surface area contributed by atoms with Gasteiger partial charge in [0.1, 0.15) is 5.75 Å². The zero-order chi connectivity index (χ0) is 23.3. The lowest BCUT2D eigenvalue weighted by Crippen LogP contribution is -2.33. The molecule has 0 unspecified atom stereocenters. The monoisotopic (exact) mass is 448 g/mol. The number of likely N-dealkylation sites (N-methyl/N-ethyl adjacent to an activating group) is 1. The van der Waals surface area contributed by atoms with E-state index < -0.39 is 17.8 Å². The van der Waals surface area contributed by atoms with Crippen LogP contribution in [0.3, 0.4) is 0 Å². The SMILES string of the molecule is Cc1ccc(C)c(OCc2nc(CCN(C)C(=O)Nc3ccccc3C(F)(F)F)no2)c1. The summed E-state index contributed by atoms with van der Waals surface area (Å²) in [6.45, 7) is 4.17. The minimum Gasteiger partial charge on any atom is -0.483 e. The van der Waals surface area contributed by atoms with Gasteiger partial charge in [-0.3, -0.25) is 0 Å². The number of urea groups is 1. The van der Waals surface area contributed by atoms with Gasteiger partial charge in [0.15, 0.2) is 12.4 Å². The van der Waals surface area contributed by atoms with Gasteiger partial charge in [0.25, 0.3) is 5.89 Å². The van der Waals surface area contributed by atoms with Gasteiger partial charge in [-0.15, -0.1) is 0 Å². The highest BCUT2D eigenvalue weighted by molar-refractivity contribution is 5.90. The lowest BCUT2D eigenvalue weighted by atomic mass is 10.1. The third kappa shape index (κ3) is 5.99. The van der Waals surface area contributed by atoms with Gasteiger partial charge in [-0.1, -0.05) is 29.4 Å². The number of hydrogen-bond acceptors (Lipinski definition) is 5. The summed E-state index contributed by atoms with van der Waals surface area (Å²) >= 11 is 0. The number of benzene rings is 2. The predicted octanol–water partition coefficient (Wildman–Crippen LogP) is 4.99. The van der Waals surface area contributed by atoms with Gasteiger partial charge in [-0.25, -0.2) is 4.79 Å². The van der Waals surface area contributed by atoms with Crippen molar-refractivity contribution in [1.82, 2.24) is 15.0 Å². The van der Waals surface area contributed by atoms with Crippen LogP contribution in [0.1, 0.15) is 28.4 Å². The largest absolute Gasteiger partial charge is 0.483 e. The number of carbonyl (C=O) groups is 1. The van der Waals surface area contributed by atoms with Crippen LogP contribution in [0.4, 0.5) is 23.7 Å². The molecule has 32 heavy (non-hydrogen) atoms. The van der Waals surface area contributed by atoms with Crippen LogP contribution in [0.5, 0.6) is 5.75 Å². The molecule has 0 atom stereocenters. The third-order valence-corrected chi connectivity index (χ3v) is 4.70. The average molecular weight is 448 g/mol. The Morgan fingerprint density at radius 2 is 1.94 bits per heavy atom. The summed E-state index contributed by atoms with van der Waals surface area (Å²) < 4.78 is 50.1. The number of anilines is 1. The Morgan fingerprint density at radius 1 is 1.19 bits per heavy atom. The van der Waals surface area contributed by atoms with Crippen LogP contribution < -0.4 is 10.1 Å². The number of ether oxygens (including phenoxy) is 1. The van der Waals surface area contributed by atoms with Gasteiger partial charge in [-0.05, 0) is 43.2 Å². The smallest absolute Gasteiger partial charge is 0.418 e. The molecule has 0 aliphatic carbocycles. The first-order chi connectivity index (χ1) is 15.1. The number of alkyl halides is 3. The Balaban J connectivity index is 1.52. The Morgan fingerprint density at radius 3 is 2.69 bits per heavy atom. The van der Waals surface area contributed by atoms with Crippen molar-refractivity contribution in [2.24, 2.45) is 0 Å². The fourth-order valence-electron chi connectivity index (χ4n) is 2.87. The van der Waals surface area contributed by atoms with Crippen LogP contribution in [0.25, 0.3) is 0 Å². The average Bonchev–Trinajstić information content (AvgIpc) is 3.20. The molecular formula is C22H23F3N4O3. The Hall–Kier alpha value is -3.56. The van der Waals surface area contributed by atoms with Crippen LogP contribution >= 0.6 is 0 Å². The number of halogens is 3. The molecule has 0 saturated heterocycles. The van der Waals surface area contributed by atoms with Crippen molar-refractivity contribution < 1.29 is 27.2 Å². The number of hydrogen-bond donors (Lipinski definition) is 1. The van der Waals surface area contributed by atoms with Crippen molar-refractivity contribution in [1.29, 1.82) is 0 Å². The van der Waals surface area contributed by atoms with Gasteiger partial charge in [0.2, 0.25) is 0 Å². The van der Waals surface area contributed by atoms with Gasteiger partial charge in [0, 0.05) is 20.0 Å². The summed E-state index contributed by atoms with van der Waals surface area (Å²) in [6.07, 6.45) is -4.31.